The fraction of sp³-hybridized carbons (Fsp3) is 0.600. The van der Waals surface area contributed by atoms with Crippen molar-refractivity contribution in [2.45, 2.75) is 25.9 Å². The van der Waals surface area contributed by atoms with Crippen LogP contribution in [0.15, 0.2) is 12.1 Å². The van der Waals surface area contributed by atoms with Gasteiger partial charge in [-0.2, -0.15) is 0 Å². The van der Waals surface area contributed by atoms with Crippen LogP contribution in [-0.4, -0.2) is 43.6 Å². The van der Waals surface area contributed by atoms with Gasteiger partial charge in [0.05, 0.1) is 21.3 Å². The number of hydrogen-bond donors (Lipinski definition) is 1. The Morgan fingerprint density at radius 2 is 1.71 bits per heavy atom. The summed E-state index contributed by atoms with van der Waals surface area (Å²) in [7, 11) is 4.05. The first-order valence-electron chi connectivity index (χ1n) is 6.84. The highest BCUT2D eigenvalue weighted by atomic mass is 32.2. The predicted octanol–water partition coefficient (Wildman–Crippen LogP) is 1.96. The minimum absolute atomic E-state index is 0.299. The molecule has 1 aromatic carbocycles. The van der Waals surface area contributed by atoms with Crippen LogP contribution in [0.4, 0.5) is 0 Å². The largest absolute Gasteiger partial charge is 0.493 e. The van der Waals surface area contributed by atoms with E-state index in [0.29, 0.717) is 35.6 Å². The smallest absolute Gasteiger partial charge is 0.203 e. The van der Waals surface area contributed by atoms with Crippen LogP contribution in [0.2, 0.25) is 0 Å². The van der Waals surface area contributed by atoms with Crippen LogP contribution in [0.5, 0.6) is 17.2 Å². The molecule has 0 aliphatic heterocycles. The molecular formula is C15H25NO4S. The first-order chi connectivity index (χ1) is 10.0. The van der Waals surface area contributed by atoms with Gasteiger partial charge in [0, 0.05) is 35.4 Å². The van der Waals surface area contributed by atoms with Crippen molar-refractivity contribution in [1.82, 2.24) is 5.32 Å². The molecule has 6 heteroatoms. The van der Waals surface area contributed by atoms with E-state index in [1.807, 2.05) is 12.1 Å². The van der Waals surface area contributed by atoms with Crippen molar-refractivity contribution in [2.75, 3.05) is 33.3 Å². The number of nitrogens with one attached hydrogen (secondary N) is 1. The number of benzene rings is 1. The minimum atomic E-state index is -0.745. The van der Waals surface area contributed by atoms with E-state index in [1.165, 1.54) is 0 Å². The maximum atomic E-state index is 11.1. The van der Waals surface area contributed by atoms with Gasteiger partial charge in [-0.1, -0.05) is 0 Å². The van der Waals surface area contributed by atoms with Crippen LogP contribution in [0.1, 0.15) is 18.9 Å². The lowest BCUT2D eigenvalue weighted by molar-refractivity contribution is 0.323. The van der Waals surface area contributed by atoms with Crippen molar-refractivity contribution in [2.24, 2.45) is 0 Å². The second kappa shape index (κ2) is 8.89. The molecule has 0 amide bonds. The molecule has 1 rings (SSSR count). The van der Waals surface area contributed by atoms with E-state index in [1.54, 1.807) is 27.6 Å². The highest BCUT2D eigenvalue weighted by molar-refractivity contribution is 7.84. The third-order valence-electron chi connectivity index (χ3n) is 3.22. The van der Waals surface area contributed by atoms with Crippen LogP contribution < -0.4 is 19.5 Å². The third-order valence-corrected chi connectivity index (χ3v) is 4.03. The normalized spacial score (nSPS) is 13.6. The fourth-order valence-electron chi connectivity index (χ4n) is 1.97. The Bertz CT molecular complexity index is 454. The first kappa shape index (κ1) is 17.8. The lowest BCUT2D eigenvalue weighted by Gasteiger charge is -2.16. The Kier molecular flexibility index (Phi) is 7.53. The molecule has 0 saturated heterocycles. The Hall–Kier alpha value is -1.27. The molecule has 0 fully saturated rings. The van der Waals surface area contributed by atoms with E-state index in [9.17, 15) is 4.21 Å². The third kappa shape index (κ3) is 5.55. The van der Waals surface area contributed by atoms with Crippen LogP contribution in [-0.2, 0) is 17.3 Å². The molecule has 21 heavy (non-hydrogen) atoms. The molecule has 0 aliphatic carbocycles. The van der Waals surface area contributed by atoms with Gasteiger partial charge in [-0.3, -0.25) is 4.21 Å². The molecule has 2 unspecified atom stereocenters. The molecule has 0 radical (unpaired) electrons. The van der Waals surface area contributed by atoms with Gasteiger partial charge < -0.3 is 19.5 Å². The number of rotatable bonds is 9. The summed E-state index contributed by atoms with van der Waals surface area (Å²) in [4.78, 5) is 0. The second-order valence-corrected chi connectivity index (χ2v) is 6.44. The number of ether oxygens (including phenoxy) is 3. The second-order valence-electron chi connectivity index (χ2n) is 4.88. The SMILES string of the molecule is COc1cc(CNC(C)CCS(C)=O)cc(OC)c1OC. The van der Waals surface area contributed by atoms with E-state index in [0.717, 1.165) is 12.0 Å². The van der Waals surface area contributed by atoms with E-state index in [2.05, 4.69) is 12.2 Å². The summed E-state index contributed by atoms with van der Waals surface area (Å²) in [5.74, 6) is 2.61. The lowest BCUT2D eigenvalue weighted by atomic mass is 10.1. The summed E-state index contributed by atoms with van der Waals surface area (Å²) >= 11 is 0. The zero-order valence-electron chi connectivity index (χ0n) is 13.4. The summed E-state index contributed by atoms with van der Waals surface area (Å²) in [6.45, 7) is 2.78. The monoisotopic (exact) mass is 315 g/mol. The van der Waals surface area contributed by atoms with Gasteiger partial charge in [-0.15, -0.1) is 0 Å². The zero-order valence-corrected chi connectivity index (χ0v) is 14.2. The maximum absolute atomic E-state index is 11.1. The van der Waals surface area contributed by atoms with E-state index >= 15 is 0 Å². The average Bonchev–Trinajstić information content (AvgIpc) is 2.49. The molecule has 2 atom stereocenters. The highest BCUT2D eigenvalue weighted by Gasteiger charge is 2.13. The van der Waals surface area contributed by atoms with Crippen molar-refractivity contribution in [3.63, 3.8) is 0 Å². The number of hydrogen-bond acceptors (Lipinski definition) is 5. The topological polar surface area (TPSA) is 56.8 Å². The van der Waals surface area contributed by atoms with Gasteiger partial charge >= 0.3 is 0 Å². The maximum Gasteiger partial charge on any atom is 0.203 e. The molecule has 0 bridgehead atoms. The van der Waals surface area contributed by atoms with Gasteiger partial charge in [0.15, 0.2) is 11.5 Å². The van der Waals surface area contributed by atoms with Crippen molar-refractivity contribution in [3.8, 4) is 17.2 Å². The van der Waals surface area contributed by atoms with Crippen LogP contribution in [0.3, 0.4) is 0 Å². The molecule has 1 N–H and O–H groups in total. The predicted molar refractivity (Wildman–Crippen MR) is 86.0 cm³/mol. The van der Waals surface area contributed by atoms with Crippen molar-refractivity contribution in [3.05, 3.63) is 17.7 Å². The van der Waals surface area contributed by atoms with Crippen LogP contribution in [0.25, 0.3) is 0 Å². The molecule has 0 spiro atoms. The molecule has 5 nitrogen and oxygen atoms in total. The Labute approximate surface area is 129 Å². The zero-order chi connectivity index (χ0) is 15.8. The summed E-state index contributed by atoms with van der Waals surface area (Å²) in [6, 6.07) is 4.16. The van der Waals surface area contributed by atoms with Crippen LogP contribution in [0, 0.1) is 0 Å². The molecular weight excluding hydrogens is 290 g/mol. The van der Waals surface area contributed by atoms with Gasteiger partial charge in [-0.05, 0) is 31.0 Å². The standard InChI is InChI=1S/C15H25NO4S/c1-11(6-7-21(5)17)16-10-12-8-13(18-2)15(20-4)14(9-12)19-3/h8-9,11,16H,6-7,10H2,1-5H3. The molecule has 120 valence electrons. The Morgan fingerprint density at radius 1 is 1.14 bits per heavy atom. The average molecular weight is 315 g/mol. The molecule has 1 aromatic rings. The van der Waals surface area contributed by atoms with Crippen LogP contribution >= 0.6 is 0 Å². The summed E-state index contributed by atoms with van der Waals surface area (Å²) in [6.07, 6.45) is 2.61. The summed E-state index contributed by atoms with van der Waals surface area (Å²) in [5, 5.41) is 3.41. The van der Waals surface area contributed by atoms with E-state index < -0.39 is 10.8 Å². The molecule has 0 aromatic heterocycles. The van der Waals surface area contributed by atoms with Gasteiger partial charge in [0.25, 0.3) is 0 Å². The highest BCUT2D eigenvalue weighted by Crippen LogP contribution is 2.38. The Balaban J connectivity index is 2.73. The molecule has 0 heterocycles. The van der Waals surface area contributed by atoms with Crippen molar-refractivity contribution >= 4 is 10.8 Å². The van der Waals surface area contributed by atoms with Crippen molar-refractivity contribution < 1.29 is 18.4 Å². The Morgan fingerprint density at radius 3 is 2.14 bits per heavy atom. The van der Waals surface area contributed by atoms with Gasteiger partial charge in [0.2, 0.25) is 5.75 Å². The quantitative estimate of drug-likeness (QED) is 0.755. The summed E-state index contributed by atoms with van der Waals surface area (Å²) in [5.41, 5.74) is 1.05. The molecule has 0 saturated carbocycles. The lowest BCUT2D eigenvalue weighted by Crippen LogP contribution is -2.27. The van der Waals surface area contributed by atoms with Gasteiger partial charge in [-0.25, -0.2) is 0 Å². The molecule has 0 aliphatic rings. The fourth-order valence-corrected chi connectivity index (χ4v) is 2.66. The number of methoxy groups -OCH3 is 3. The summed E-state index contributed by atoms with van der Waals surface area (Å²) < 4.78 is 27.1. The first-order valence-corrected chi connectivity index (χ1v) is 8.56. The minimum Gasteiger partial charge on any atom is -0.493 e. The van der Waals surface area contributed by atoms with E-state index in [-0.39, 0.29) is 0 Å². The van der Waals surface area contributed by atoms with Crippen molar-refractivity contribution in [1.29, 1.82) is 0 Å². The van der Waals surface area contributed by atoms with E-state index in [4.69, 9.17) is 14.2 Å². The van der Waals surface area contributed by atoms with Gasteiger partial charge in [0.1, 0.15) is 0 Å².